The first kappa shape index (κ1) is 12.6. The molecule has 1 nitrogen and oxygen atoms in total. The molecule has 0 radical (unpaired) electrons. The van der Waals surface area contributed by atoms with Crippen molar-refractivity contribution in [2.24, 2.45) is 0 Å². The van der Waals surface area contributed by atoms with Crippen LogP contribution in [0.15, 0.2) is 36.4 Å². The first-order chi connectivity index (χ1) is 8.52. The molecule has 94 valence electrons. The molecule has 2 aromatic rings. The molecule has 0 aliphatic heterocycles. The Kier molecular flexibility index (Phi) is 3.39. The van der Waals surface area contributed by atoms with Crippen LogP contribution in [-0.4, -0.2) is 5.11 Å². The van der Waals surface area contributed by atoms with Crippen LogP contribution in [0.2, 0.25) is 0 Å². The fraction of sp³-hybridized carbons (Fsp3) is 0.143. The summed E-state index contributed by atoms with van der Waals surface area (Å²) in [5.74, 6) is -2.46. The van der Waals surface area contributed by atoms with Gasteiger partial charge in [0, 0.05) is 5.56 Å². The Morgan fingerprint density at radius 3 is 2.11 bits per heavy atom. The van der Waals surface area contributed by atoms with Gasteiger partial charge in [-0.15, -0.1) is 0 Å². The Labute approximate surface area is 103 Å². The third-order valence-corrected chi connectivity index (χ3v) is 2.79. The molecule has 0 fully saturated rings. The van der Waals surface area contributed by atoms with Crippen LogP contribution in [0.4, 0.5) is 13.2 Å². The zero-order chi connectivity index (χ0) is 13.3. The summed E-state index contributed by atoms with van der Waals surface area (Å²) in [6.45, 7) is 1.52. The van der Waals surface area contributed by atoms with Gasteiger partial charge in [0.15, 0.2) is 0 Å². The Hall–Kier alpha value is -1.81. The lowest BCUT2D eigenvalue weighted by atomic mass is 9.98. The maximum atomic E-state index is 13.8. The molecule has 0 saturated carbocycles. The molecule has 0 amide bonds. The summed E-state index contributed by atoms with van der Waals surface area (Å²) < 4.78 is 40.8. The third kappa shape index (κ3) is 2.11. The van der Waals surface area contributed by atoms with Crippen molar-refractivity contribution in [3.05, 3.63) is 70.5 Å². The monoisotopic (exact) mass is 252 g/mol. The van der Waals surface area contributed by atoms with Crippen molar-refractivity contribution in [3.8, 4) is 0 Å². The minimum absolute atomic E-state index is 0.140. The molecular weight excluding hydrogens is 241 g/mol. The zero-order valence-corrected chi connectivity index (χ0v) is 9.62. The highest BCUT2D eigenvalue weighted by Crippen LogP contribution is 2.29. The van der Waals surface area contributed by atoms with E-state index in [-0.39, 0.29) is 5.56 Å². The van der Waals surface area contributed by atoms with Crippen molar-refractivity contribution >= 4 is 0 Å². The quantitative estimate of drug-likeness (QED) is 0.867. The lowest BCUT2D eigenvalue weighted by Gasteiger charge is -2.15. The lowest BCUT2D eigenvalue weighted by molar-refractivity contribution is 0.204. The molecule has 0 aliphatic rings. The summed E-state index contributed by atoms with van der Waals surface area (Å²) in [7, 11) is 0. The van der Waals surface area contributed by atoms with E-state index in [9.17, 15) is 18.3 Å². The van der Waals surface area contributed by atoms with E-state index in [1.807, 2.05) is 0 Å². The van der Waals surface area contributed by atoms with Crippen LogP contribution in [0, 0.1) is 24.4 Å². The van der Waals surface area contributed by atoms with Gasteiger partial charge in [-0.1, -0.05) is 24.3 Å². The van der Waals surface area contributed by atoms with Gasteiger partial charge < -0.3 is 5.11 Å². The normalized spacial score (nSPS) is 12.5. The zero-order valence-electron chi connectivity index (χ0n) is 9.62. The molecular formula is C14H11F3O. The molecule has 2 rings (SSSR count). The predicted molar refractivity (Wildman–Crippen MR) is 61.6 cm³/mol. The van der Waals surface area contributed by atoms with Gasteiger partial charge in [-0.05, 0) is 24.6 Å². The van der Waals surface area contributed by atoms with Gasteiger partial charge in [-0.2, -0.15) is 0 Å². The molecule has 0 aromatic heterocycles. The molecule has 0 heterocycles. The maximum absolute atomic E-state index is 13.8. The number of halogens is 3. The molecule has 1 N–H and O–H groups in total. The Morgan fingerprint density at radius 2 is 1.50 bits per heavy atom. The summed E-state index contributed by atoms with van der Waals surface area (Å²) in [6.07, 6.45) is -1.66. The molecule has 0 aliphatic carbocycles. The second-order valence-corrected chi connectivity index (χ2v) is 4.02. The van der Waals surface area contributed by atoms with Crippen molar-refractivity contribution in [2.45, 2.75) is 13.0 Å². The Balaban J connectivity index is 2.55. The molecule has 2 aromatic carbocycles. The first-order valence-corrected chi connectivity index (χ1v) is 5.39. The van der Waals surface area contributed by atoms with E-state index in [2.05, 4.69) is 0 Å². The topological polar surface area (TPSA) is 20.2 Å². The molecule has 0 spiro atoms. The van der Waals surface area contributed by atoms with Crippen LogP contribution < -0.4 is 0 Å². The minimum Gasteiger partial charge on any atom is -0.383 e. The van der Waals surface area contributed by atoms with Gasteiger partial charge in [0.2, 0.25) is 0 Å². The van der Waals surface area contributed by atoms with Crippen LogP contribution in [0.5, 0.6) is 0 Å². The van der Waals surface area contributed by atoms with Crippen molar-refractivity contribution in [1.29, 1.82) is 0 Å². The van der Waals surface area contributed by atoms with E-state index in [0.717, 1.165) is 12.1 Å². The fourth-order valence-electron chi connectivity index (χ4n) is 1.81. The van der Waals surface area contributed by atoms with E-state index in [1.54, 1.807) is 0 Å². The molecule has 1 atom stereocenters. The highest BCUT2D eigenvalue weighted by molar-refractivity contribution is 5.35. The van der Waals surface area contributed by atoms with Crippen molar-refractivity contribution in [3.63, 3.8) is 0 Å². The van der Waals surface area contributed by atoms with Crippen LogP contribution in [0.25, 0.3) is 0 Å². The molecule has 4 heteroatoms. The van der Waals surface area contributed by atoms with Crippen molar-refractivity contribution < 1.29 is 18.3 Å². The average molecular weight is 252 g/mol. The fourth-order valence-corrected chi connectivity index (χ4v) is 1.81. The summed E-state index contributed by atoms with van der Waals surface area (Å²) in [4.78, 5) is 0. The lowest BCUT2D eigenvalue weighted by Crippen LogP contribution is -2.08. The second kappa shape index (κ2) is 4.82. The molecule has 0 saturated heterocycles. The number of aliphatic hydroxyl groups is 1. The van der Waals surface area contributed by atoms with Crippen molar-refractivity contribution in [2.75, 3.05) is 0 Å². The van der Waals surface area contributed by atoms with Gasteiger partial charge in [-0.25, -0.2) is 13.2 Å². The number of rotatable bonds is 2. The number of hydrogen-bond acceptors (Lipinski definition) is 1. The van der Waals surface area contributed by atoms with Crippen LogP contribution in [0.3, 0.4) is 0 Å². The summed E-state index contributed by atoms with van der Waals surface area (Å²) in [5, 5.41) is 9.94. The number of aryl methyl sites for hydroxylation is 1. The number of aliphatic hydroxyl groups excluding tert-OH is 1. The van der Waals surface area contributed by atoms with E-state index in [1.165, 1.54) is 31.2 Å². The largest absolute Gasteiger partial charge is 0.383 e. The summed E-state index contributed by atoms with van der Waals surface area (Å²) in [5.41, 5.74) is -0.371. The van der Waals surface area contributed by atoms with E-state index < -0.39 is 29.1 Å². The standard InChI is InChI=1S/C14H11F3O/c1-8-4-2-5-9(13(8)17)14(18)12-10(15)6-3-7-11(12)16/h2-7,14,18H,1H3. The Bertz CT molecular complexity index is 561. The van der Waals surface area contributed by atoms with Crippen molar-refractivity contribution in [1.82, 2.24) is 0 Å². The first-order valence-electron chi connectivity index (χ1n) is 5.39. The van der Waals surface area contributed by atoms with Crippen LogP contribution in [-0.2, 0) is 0 Å². The van der Waals surface area contributed by atoms with Gasteiger partial charge in [-0.3, -0.25) is 0 Å². The van der Waals surface area contributed by atoms with Gasteiger partial charge in [0.25, 0.3) is 0 Å². The van der Waals surface area contributed by atoms with E-state index in [0.29, 0.717) is 5.56 Å². The smallest absolute Gasteiger partial charge is 0.132 e. The SMILES string of the molecule is Cc1cccc(C(O)c2c(F)cccc2F)c1F. The minimum atomic E-state index is -1.66. The van der Waals surface area contributed by atoms with Gasteiger partial charge >= 0.3 is 0 Å². The second-order valence-electron chi connectivity index (χ2n) is 4.02. The van der Waals surface area contributed by atoms with Crippen LogP contribution in [0.1, 0.15) is 22.8 Å². The van der Waals surface area contributed by atoms with E-state index >= 15 is 0 Å². The highest BCUT2D eigenvalue weighted by Gasteiger charge is 2.22. The van der Waals surface area contributed by atoms with Crippen LogP contribution >= 0.6 is 0 Å². The molecule has 1 unspecified atom stereocenters. The summed E-state index contributed by atoms with van der Waals surface area (Å²) in [6, 6.07) is 7.58. The summed E-state index contributed by atoms with van der Waals surface area (Å²) >= 11 is 0. The number of benzene rings is 2. The van der Waals surface area contributed by atoms with E-state index in [4.69, 9.17) is 0 Å². The molecule has 18 heavy (non-hydrogen) atoms. The average Bonchev–Trinajstić information content (AvgIpc) is 2.32. The van der Waals surface area contributed by atoms with Gasteiger partial charge in [0.1, 0.15) is 23.6 Å². The maximum Gasteiger partial charge on any atom is 0.132 e. The third-order valence-electron chi connectivity index (χ3n) is 2.79. The Morgan fingerprint density at radius 1 is 0.944 bits per heavy atom. The van der Waals surface area contributed by atoms with Gasteiger partial charge in [0.05, 0.1) is 5.56 Å². The number of hydrogen-bond donors (Lipinski definition) is 1. The predicted octanol–water partition coefficient (Wildman–Crippen LogP) is 3.49. The highest BCUT2D eigenvalue weighted by atomic mass is 19.1. The molecule has 0 bridgehead atoms.